The summed E-state index contributed by atoms with van der Waals surface area (Å²) in [6.07, 6.45) is 0. The molecule has 1 amide bonds. The molecule has 1 aromatic carbocycles. The Morgan fingerprint density at radius 2 is 2.00 bits per heavy atom. The summed E-state index contributed by atoms with van der Waals surface area (Å²) in [5, 5.41) is 2.70. The highest BCUT2D eigenvalue weighted by atomic mass is 35.5. The Bertz CT molecular complexity index is 314. The number of carbonyl (C=O) groups is 1. The van der Waals surface area contributed by atoms with E-state index in [1.807, 2.05) is 6.92 Å². The van der Waals surface area contributed by atoms with E-state index in [-0.39, 0.29) is 18.3 Å². The zero-order valence-corrected chi connectivity index (χ0v) is 10.0. The van der Waals surface area contributed by atoms with Crippen LogP contribution in [-0.4, -0.2) is 25.6 Å². The third-order valence-corrected chi connectivity index (χ3v) is 1.86. The van der Waals surface area contributed by atoms with Gasteiger partial charge in [-0.2, -0.15) is 0 Å². The highest BCUT2D eigenvalue weighted by molar-refractivity contribution is 5.94. The van der Waals surface area contributed by atoms with Crippen LogP contribution in [0.3, 0.4) is 0 Å². The Kier molecular flexibility index (Phi) is 7.33. The smallest absolute Gasteiger partial charge is 0.251 e. The van der Waals surface area contributed by atoms with Gasteiger partial charge in [0.1, 0.15) is 5.75 Å². The second-order valence-electron chi connectivity index (χ2n) is 3.00. The summed E-state index contributed by atoms with van der Waals surface area (Å²) in [5.41, 5.74) is 5.90. The lowest BCUT2D eigenvalue weighted by Gasteiger charge is -2.05. The zero-order chi connectivity index (χ0) is 11.1. The molecule has 0 radical (unpaired) electrons. The molecule has 0 saturated carbocycles. The Balaban J connectivity index is 0.00000225. The van der Waals surface area contributed by atoms with E-state index in [2.05, 4.69) is 5.32 Å². The summed E-state index contributed by atoms with van der Waals surface area (Å²) in [4.78, 5) is 11.5. The van der Waals surface area contributed by atoms with E-state index in [9.17, 15) is 4.79 Å². The van der Waals surface area contributed by atoms with Gasteiger partial charge in [-0.1, -0.05) is 0 Å². The molecular weight excluding hydrogens is 228 g/mol. The SMILES string of the molecule is CCOc1ccc(C(=O)NCCN)cc1.Cl. The number of amides is 1. The summed E-state index contributed by atoms with van der Waals surface area (Å²) >= 11 is 0. The minimum Gasteiger partial charge on any atom is -0.494 e. The Labute approximate surface area is 102 Å². The standard InChI is InChI=1S/C11H16N2O2.ClH/c1-2-15-10-5-3-9(4-6-10)11(14)13-8-7-12;/h3-6H,2,7-8,12H2,1H3,(H,13,14);1H. The number of benzene rings is 1. The normalized spacial score (nSPS) is 9.12. The molecule has 0 spiro atoms. The number of carbonyl (C=O) groups excluding carboxylic acids is 1. The van der Waals surface area contributed by atoms with Gasteiger partial charge in [0.15, 0.2) is 0 Å². The molecule has 0 saturated heterocycles. The predicted octanol–water partition coefficient (Wildman–Crippen LogP) is 1.20. The second-order valence-corrected chi connectivity index (χ2v) is 3.00. The average Bonchev–Trinajstić information content (AvgIpc) is 2.27. The van der Waals surface area contributed by atoms with Crippen LogP contribution in [0.5, 0.6) is 5.75 Å². The van der Waals surface area contributed by atoms with Gasteiger partial charge in [0.05, 0.1) is 6.61 Å². The van der Waals surface area contributed by atoms with Gasteiger partial charge in [-0.15, -0.1) is 12.4 Å². The largest absolute Gasteiger partial charge is 0.494 e. The number of hydrogen-bond acceptors (Lipinski definition) is 3. The number of hydrogen-bond donors (Lipinski definition) is 2. The molecule has 5 heteroatoms. The first-order valence-electron chi connectivity index (χ1n) is 4.99. The van der Waals surface area contributed by atoms with Crippen LogP contribution >= 0.6 is 12.4 Å². The maximum Gasteiger partial charge on any atom is 0.251 e. The van der Waals surface area contributed by atoms with Gasteiger partial charge in [-0.05, 0) is 31.2 Å². The third-order valence-electron chi connectivity index (χ3n) is 1.86. The van der Waals surface area contributed by atoms with Gasteiger partial charge in [-0.3, -0.25) is 4.79 Å². The van der Waals surface area contributed by atoms with E-state index in [4.69, 9.17) is 10.5 Å². The highest BCUT2D eigenvalue weighted by Gasteiger charge is 2.03. The Morgan fingerprint density at radius 3 is 2.50 bits per heavy atom. The Morgan fingerprint density at radius 1 is 1.38 bits per heavy atom. The molecule has 16 heavy (non-hydrogen) atoms. The van der Waals surface area contributed by atoms with Crippen molar-refractivity contribution in [2.24, 2.45) is 5.73 Å². The number of nitrogens with one attached hydrogen (secondary N) is 1. The van der Waals surface area contributed by atoms with Crippen molar-refractivity contribution >= 4 is 18.3 Å². The van der Waals surface area contributed by atoms with Gasteiger partial charge < -0.3 is 15.8 Å². The summed E-state index contributed by atoms with van der Waals surface area (Å²) < 4.78 is 5.27. The first kappa shape index (κ1) is 14.7. The van der Waals surface area contributed by atoms with Crippen molar-refractivity contribution in [3.05, 3.63) is 29.8 Å². The van der Waals surface area contributed by atoms with E-state index in [0.717, 1.165) is 5.75 Å². The van der Waals surface area contributed by atoms with Crippen LogP contribution in [-0.2, 0) is 0 Å². The van der Waals surface area contributed by atoms with Crippen molar-refractivity contribution < 1.29 is 9.53 Å². The molecule has 0 aliphatic heterocycles. The second kappa shape index (κ2) is 7.96. The fourth-order valence-electron chi connectivity index (χ4n) is 1.16. The molecule has 0 fully saturated rings. The first-order chi connectivity index (χ1) is 7.27. The number of nitrogens with two attached hydrogens (primary N) is 1. The van der Waals surface area contributed by atoms with Crippen LogP contribution in [0.25, 0.3) is 0 Å². The quantitative estimate of drug-likeness (QED) is 0.818. The lowest BCUT2D eigenvalue weighted by molar-refractivity contribution is 0.0954. The molecule has 90 valence electrons. The van der Waals surface area contributed by atoms with Gasteiger partial charge >= 0.3 is 0 Å². The lowest BCUT2D eigenvalue weighted by atomic mass is 10.2. The fraction of sp³-hybridized carbons (Fsp3) is 0.364. The average molecular weight is 245 g/mol. The predicted molar refractivity (Wildman–Crippen MR) is 66.2 cm³/mol. The summed E-state index contributed by atoms with van der Waals surface area (Å²) in [6.45, 7) is 3.48. The molecule has 0 heterocycles. The summed E-state index contributed by atoms with van der Waals surface area (Å²) in [5.74, 6) is 0.663. The zero-order valence-electron chi connectivity index (χ0n) is 9.23. The minimum absolute atomic E-state index is 0. The van der Waals surface area contributed by atoms with Crippen LogP contribution in [0.1, 0.15) is 17.3 Å². The van der Waals surface area contributed by atoms with Crippen molar-refractivity contribution in [2.75, 3.05) is 19.7 Å². The van der Waals surface area contributed by atoms with Crippen LogP contribution in [0.4, 0.5) is 0 Å². The van der Waals surface area contributed by atoms with Crippen LogP contribution in [0, 0.1) is 0 Å². The van der Waals surface area contributed by atoms with E-state index in [1.54, 1.807) is 24.3 Å². The van der Waals surface area contributed by atoms with Gasteiger partial charge in [0, 0.05) is 18.7 Å². The van der Waals surface area contributed by atoms with Gasteiger partial charge in [0.2, 0.25) is 0 Å². The molecule has 4 nitrogen and oxygen atoms in total. The van der Waals surface area contributed by atoms with E-state index in [1.165, 1.54) is 0 Å². The maximum atomic E-state index is 11.5. The van der Waals surface area contributed by atoms with Crippen LogP contribution < -0.4 is 15.8 Å². The molecule has 1 aromatic rings. The van der Waals surface area contributed by atoms with Crippen molar-refractivity contribution in [1.82, 2.24) is 5.32 Å². The first-order valence-corrected chi connectivity index (χ1v) is 4.99. The van der Waals surface area contributed by atoms with Crippen molar-refractivity contribution in [3.8, 4) is 5.75 Å². The van der Waals surface area contributed by atoms with Gasteiger partial charge in [-0.25, -0.2) is 0 Å². The number of rotatable bonds is 5. The fourth-order valence-corrected chi connectivity index (χ4v) is 1.16. The van der Waals surface area contributed by atoms with Crippen molar-refractivity contribution in [2.45, 2.75) is 6.92 Å². The molecule has 3 N–H and O–H groups in total. The van der Waals surface area contributed by atoms with E-state index < -0.39 is 0 Å². The molecule has 0 bridgehead atoms. The topological polar surface area (TPSA) is 64.3 Å². The summed E-state index contributed by atoms with van der Waals surface area (Å²) in [6, 6.07) is 7.02. The number of ether oxygens (including phenoxy) is 1. The molecule has 1 rings (SSSR count). The van der Waals surface area contributed by atoms with Crippen molar-refractivity contribution in [1.29, 1.82) is 0 Å². The summed E-state index contributed by atoms with van der Waals surface area (Å²) in [7, 11) is 0. The van der Waals surface area contributed by atoms with E-state index in [0.29, 0.717) is 25.3 Å². The van der Waals surface area contributed by atoms with Crippen molar-refractivity contribution in [3.63, 3.8) is 0 Å². The minimum atomic E-state index is -0.108. The lowest BCUT2D eigenvalue weighted by Crippen LogP contribution is -2.28. The van der Waals surface area contributed by atoms with Crippen LogP contribution in [0.2, 0.25) is 0 Å². The number of halogens is 1. The molecule has 0 aromatic heterocycles. The maximum absolute atomic E-state index is 11.5. The Hall–Kier alpha value is -1.26. The van der Waals surface area contributed by atoms with E-state index >= 15 is 0 Å². The molecule has 0 aliphatic carbocycles. The van der Waals surface area contributed by atoms with Crippen LogP contribution in [0.15, 0.2) is 24.3 Å². The van der Waals surface area contributed by atoms with Gasteiger partial charge in [0.25, 0.3) is 5.91 Å². The highest BCUT2D eigenvalue weighted by Crippen LogP contribution is 2.11. The molecule has 0 atom stereocenters. The third kappa shape index (κ3) is 4.51. The molecular formula is C11H17ClN2O2. The molecule has 0 unspecified atom stereocenters. The monoisotopic (exact) mass is 244 g/mol. The molecule has 0 aliphatic rings.